The number of amides is 1. The molecule has 0 aliphatic rings. The first-order valence-electron chi connectivity index (χ1n) is 7.34. The molecule has 1 N–H and O–H groups in total. The van der Waals surface area contributed by atoms with E-state index in [9.17, 15) is 4.79 Å². The third-order valence-electron chi connectivity index (χ3n) is 3.41. The van der Waals surface area contributed by atoms with Crippen LogP contribution in [0.1, 0.15) is 24.1 Å². The lowest BCUT2D eigenvalue weighted by Crippen LogP contribution is -2.28. The van der Waals surface area contributed by atoms with Crippen LogP contribution in [0.5, 0.6) is 5.75 Å². The summed E-state index contributed by atoms with van der Waals surface area (Å²) in [5, 5.41) is 3.02. The summed E-state index contributed by atoms with van der Waals surface area (Å²) in [6.45, 7) is 1.99. The molecule has 0 radical (unpaired) electrons. The molecule has 5 heteroatoms. The summed E-state index contributed by atoms with van der Waals surface area (Å²) in [5.41, 5.74) is 2.28. The summed E-state index contributed by atoms with van der Waals surface area (Å²) in [4.78, 5) is 12.0. The van der Waals surface area contributed by atoms with Crippen LogP contribution in [0.4, 0.5) is 0 Å². The second-order valence-electron chi connectivity index (χ2n) is 5.18. The topological polar surface area (TPSA) is 38.3 Å². The molecule has 0 saturated heterocycles. The Bertz CT molecular complexity index is 628. The zero-order chi connectivity index (χ0) is 16.7. The molecular formula is C18H20BrNO2S. The lowest BCUT2D eigenvalue weighted by atomic mass is 10.1. The van der Waals surface area contributed by atoms with Gasteiger partial charge in [0.2, 0.25) is 5.91 Å². The summed E-state index contributed by atoms with van der Waals surface area (Å²) in [7, 11) is 1.64. The van der Waals surface area contributed by atoms with Crippen molar-refractivity contribution in [3.05, 3.63) is 64.1 Å². The summed E-state index contributed by atoms with van der Waals surface area (Å²) in [6, 6.07) is 15.9. The van der Waals surface area contributed by atoms with Crippen LogP contribution in [0, 0.1) is 0 Å². The van der Waals surface area contributed by atoms with Crippen molar-refractivity contribution < 1.29 is 9.53 Å². The minimum Gasteiger partial charge on any atom is -0.497 e. The van der Waals surface area contributed by atoms with Gasteiger partial charge in [0.05, 0.1) is 18.9 Å². The summed E-state index contributed by atoms with van der Waals surface area (Å²) < 4.78 is 6.21. The molecule has 1 amide bonds. The molecule has 0 fully saturated rings. The summed E-state index contributed by atoms with van der Waals surface area (Å²) in [6.07, 6.45) is 0. The van der Waals surface area contributed by atoms with Gasteiger partial charge in [-0.3, -0.25) is 4.79 Å². The number of thioether (sulfide) groups is 1. The number of rotatable bonds is 7. The highest BCUT2D eigenvalue weighted by molar-refractivity contribution is 9.10. The largest absolute Gasteiger partial charge is 0.497 e. The van der Waals surface area contributed by atoms with E-state index in [1.54, 1.807) is 18.9 Å². The van der Waals surface area contributed by atoms with Gasteiger partial charge in [0.15, 0.2) is 0 Å². The standard InChI is InChI=1S/C18H20BrNO2S/c1-13(15-5-9-17(22-2)10-6-15)20-18(21)12-23-11-14-3-7-16(19)8-4-14/h3-10,13H,11-12H2,1-2H3,(H,20,21). The smallest absolute Gasteiger partial charge is 0.230 e. The Labute approximate surface area is 149 Å². The first-order chi connectivity index (χ1) is 11.1. The molecule has 1 unspecified atom stereocenters. The zero-order valence-corrected chi connectivity index (χ0v) is 15.6. The van der Waals surface area contributed by atoms with Gasteiger partial charge in [-0.25, -0.2) is 0 Å². The molecule has 2 aromatic carbocycles. The van der Waals surface area contributed by atoms with Crippen LogP contribution in [-0.2, 0) is 10.5 Å². The number of carbonyl (C=O) groups is 1. The fourth-order valence-corrected chi connectivity index (χ4v) is 3.16. The van der Waals surface area contributed by atoms with E-state index < -0.39 is 0 Å². The van der Waals surface area contributed by atoms with Crippen LogP contribution in [0.15, 0.2) is 53.0 Å². The number of ether oxygens (including phenoxy) is 1. The highest BCUT2D eigenvalue weighted by Crippen LogP contribution is 2.18. The summed E-state index contributed by atoms with van der Waals surface area (Å²) >= 11 is 5.03. The molecule has 122 valence electrons. The van der Waals surface area contributed by atoms with Gasteiger partial charge >= 0.3 is 0 Å². The number of halogens is 1. The van der Waals surface area contributed by atoms with Crippen LogP contribution >= 0.6 is 27.7 Å². The second-order valence-corrected chi connectivity index (χ2v) is 7.08. The number of carbonyl (C=O) groups excluding carboxylic acids is 1. The van der Waals surface area contributed by atoms with Crippen molar-refractivity contribution in [2.45, 2.75) is 18.7 Å². The SMILES string of the molecule is COc1ccc(C(C)NC(=O)CSCc2ccc(Br)cc2)cc1. The van der Waals surface area contributed by atoms with Crippen molar-refractivity contribution in [2.75, 3.05) is 12.9 Å². The van der Waals surface area contributed by atoms with E-state index in [0.29, 0.717) is 5.75 Å². The van der Waals surface area contributed by atoms with E-state index >= 15 is 0 Å². The molecule has 2 aromatic rings. The van der Waals surface area contributed by atoms with Crippen molar-refractivity contribution in [1.29, 1.82) is 0 Å². The van der Waals surface area contributed by atoms with Gasteiger partial charge in [-0.2, -0.15) is 0 Å². The Balaban J connectivity index is 1.76. The van der Waals surface area contributed by atoms with E-state index in [2.05, 4.69) is 33.4 Å². The van der Waals surface area contributed by atoms with Gasteiger partial charge in [-0.1, -0.05) is 40.2 Å². The van der Waals surface area contributed by atoms with E-state index in [0.717, 1.165) is 21.5 Å². The van der Waals surface area contributed by atoms with Crippen molar-refractivity contribution in [3.63, 3.8) is 0 Å². The molecule has 3 nitrogen and oxygen atoms in total. The highest BCUT2D eigenvalue weighted by atomic mass is 79.9. The fraction of sp³-hybridized carbons (Fsp3) is 0.278. The quantitative estimate of drug-likeness (QED) is 0.748. The molecule has 0 bridgehead atoms. The maximum atomic E-state index is 12.0. The van der Waals surface area contributed by atoms with Crippen LogP contribution in [0.3, 0.4) is 0 Å². The summed E-state index contributed by atoms with van der Waals surface area (Å²) in [5.74, 6) is 2.15. The molecule has 2 rings (SSSR count). The van der Waals surface area contributed by atoms with Crippen LogP contribution in [0.25, 0.3) is 0 Å². The third kappa shape index (κ3) is 5.92. The number of methoxy groups -OCH3 is 1. The van der Waals surface area contributed by atoms with Crippen LogP contribution < -0.4 is 10.1 Å². The van der Waals surface area contributed by atoms with Crippen LogP contribution in [0.2, 0.25) is 0 Å². The van der Waals surface area contributed by atoms with Crippen LogP contribution in [-0.4, -0.2) is 18.8 Å². The molecule has 23 heavy (non-hydrogen) atoms. The van der Waals surface area contributed by atoms with Gasteiger partial charge in [0.1, 0.15) is 5.75 Å². The van der Waals surface area contributed by atoms with Gasteiger partial charge in [-0.05, 0) is 42.3 Å². The van der Waals surface area contributed by atoms with Gasteiger partial charge in [0.25, 0.3) is 0 Å². The fourth-order valence-electron chi connectivity index (χ4n) is 2.10. The Morgan fingerprint density at radius 3 is 2.43 bits per heavy atom. The zero-order valence-electron chi connectivity index (χ0n) is 13.2. The van der Waals surface area contributed by atoms with Crippen molar-refractivity contribution in [1.82, 2.24) is 5.32 Å². The molecule has 0 spiro atoms. The predicted octanol–water partition coefficient (Wildman–Crippen LogP) is 4.57. The van der Waals surface area contributed by atoms with Crippen molar-refractivity contribution in [3.8, 4) is 5.75 Å². The molecule has 0 aromatic heterocycles. The normalized spacial score (nSPS) is 11.8. The lowest BCUT2D eigenvalue weighted by Gasteiger charge is -2.14. The number of hydrogen-bond acceptors (Lipinski definition) is 3. The number of hydrogen-bond donors (Lipinski definition) is 1. The Morgan fingerprint density at radius 1 is 1.17 bits per heavy atom. The van der Waals surface area contributed by atoms with Gasteiger partial charge < -0.3 is 10.1 Å². The molecular weight excluding hydrogens is 374 g/mol. The van der Waals surface area contributed by atoms with Gasteiger partial charge in [-0.15, -0.1) is 11.8 Å². The minimum absolute atomic E-state index is 0.0123. The Morgan fingerprint density at radius 2 is 1.83 bits per heavy atom. The highest BCUT2D eigenvalue weighted by Gasteiger charge is 2.09. The average Bonchev–Trinajstić information content (AvgIpc) is 2.56. The van der Waals surface area contributed by atoms with E-state index in [1.807, 2.05) is 43.3 Å². The van der Waals surface area contributed by atoms with Gasteiger partial charge in [0, 0.05) is 10.2 Å². The lowest BCUT2D eigenvalue weighted by molar-refractivity contribution is -0.119. The molecule has 0 saturated carbocycles. The van der Waals surface area contributed by atoms with E-state index in [1.165, 1.54) is 5.56 Å². The minimum atomic E-state index is -0.0123. The molecule has 0 heterocycles. The van der Waals surface area contributed by atoms with Crippen molar-refractivity contribution in [2.24, 2.45) is 0 Å². The third-order valence-corrected chi connectivity index (χ3v) is 4.94. The first-order valence-corrected chi connectivity index (χ1v) is 9.29. The van der Waals surface area contributed by atoms with Crippen molar-refractivity contribution >= 4 is 33.6 Å². The Hall–Kier alpha value is -1.46. The second kappa shape index (κ2) is 8.99. The maximum Gasteiger partial charge on any atom is 0.230 e. The first kappa shape index (κ1) is 17.9. The Kier molecular flexibility index (Phi) is 6.99. The average molecular weight is 394 g/mol. The predicted molar refractivity (Wildman–Crippen MR) is 99.9 cm³/mol. The van der Waals surface area contributed by atoms with E-state index in [-0.39, 0.29) is 11.9 Å². The number of benzene rings is 2. The van der Waals surface area contributed by atoms with E-state index in [4.69, 9.17) is 4.74 Å². The monoisotopic (exact) mass is 393 g/mol. The molecule has 1 atom stereocenters. The maximum absolute atomic E-state index is 12.0. The number of nitrogens with one attached hydrogen (secondary N) is 1. The molecule has 0 aliphatic heterocycles. The molecule has 0 aliphatic carbocycles.